The minimum Gasteiger partial charge on any atom is -0.353 e. The molecular weight excluding hydrogens is 379 g/mol. The summed E-state index contributed by atoms with van der Waals surface area (Å²) < 4.78 is 15.5. The van der Waals surface area contributed by atoms with Gasteiger partial charge in [0.1, 0.15) is 23.0 Å². The summed E-state index contributed by atoms with van der Waals surface area (Å²) in [6.45, 7) is 1.95. The van der Waals surface area contributed by atoms with Gasteiger partial charge in [0.25, 0.3) is 0 Å². The molecule has 2 saturated heterocycles. The van der Waals surface area contributed by atoms with Gasteiger partial charge in [0.15, 0.2) is 5.65 Å². The zero-order valence-corrected chi connectivity index (χ0v) is 16.4. The van der Waals surface area contributed by atoms with Crippen molar-refractivity contribution in [3.8, 4) is 17.1 Å². The zero-order valence-electron chi connectivity index (χ0n) is 16.4. The molecule has 7 heteroatoms. The molecule has 3 aromatic heterocycles. The van der Waals surface area contributed by atoms with Crippen molar-refractivity contribution in [2.45, 2.75) is 24.9 Å². The van der Waals surface area contributed by atoms with Crippen molar-refractivity contribution in [2.75, 3.05) is 18.0 Å². The third-order valence-electron chi connectivity index (χ3n) is 6.05. The predicted molar refractivity (Wildman–Crippen MR) is 114 cm³/mol. The maximum Gasteiger partial charge on any atom is 0.167 e. The number of hydrogen-bond donors (Lipinski definition) is 1. The Morgan fingerprint density at radius 2 is 1.60 bits per heavy atom. The third kappa shape index (κ3) is 2.93. The molecule has 2 fully saturated rings. The van der Waals surface area contributed by atoms with E-state index >= 15 is 0 Å². The Hall–Kier alpha value is -3.32. The largest absolute Gasteiger partial charge is 0.353 e. The van der Waals surface area contributed by atoms with Crippen LogP contribution in [0.1, 0.15) is 12.8 Å². The highest BCUT2D eigenvalue weighted by atomic mass is 19.1. The van der Waals surface area contributed by atoms with Crippen molar-refractivity contribution >= 4 is 17.0 Å². The molecule has 2 atom stereocenters. The van der Waals surface area contributed by atoms with E-state index in [9.17, 15) is 4.39 Å². The maximum absolute atomic E-state index is 13.5. The first-order valence-electron chi connectivity index (χ1n) is 10.3. The summed E-state index contributed by atoms with van der Waals surface area (Å²) in [7, 11) is 0. The Labute approximate surface area is 173 Å². The van der Waals surface area contributed by atoms with Crippen LogP contribution in [0.15, 0.2) is 60.9 Å². The fourth-order valence-corrected chi connectivity index (χ4v) is 4.64. The molecule has 2 bridgehead atoms. The number of aromatic nitrogens is 4. The summed E-state index contributed by atoms with van der Waals surface area (Å²) in [5, 5.41) is 3.67. The summed E-state index contributed by atoms with van der Waals surface area (Å²) in [5.41, 5.74) is 3.38. The van der Waals surface area contributed by atoms with E-state index in [4.69, 9.17) is 9.97 Å². The normalized spacial score (nSPS) is 20.8. The minimum atomic E-state index is -0.265. The lowest BCUT2D eigenvalue weighted by Gasteiger charge is -2.33. The van der Waals surface area contributed by atoms with Crippen molar-refractivity contribution in [1.82, 2.24) is 24.8 Å². The molecule has 2 aliphatic heterocycles. The number of halogens is 1. The molecule has 6 nitrogen and oxygen atoms in total. The van der Waals surface area contributed by atoms with Crippen LogP contribution < -0.4 is 10.2 Å². The van der Waals surface area contributed by atoms with Crippen LogP contribution in [0.25, 0.3) is 28.2 Å². The summed E-state index contributed by atoms with van der Waals surface area (Å²) in [5.74, 6) is 1.45. The molecule has 0 aliphatic carbocycles. The average molecular weight is 400 g/mol. The number of hydrogen-bond acceptors (Lipinski definition) is 5. The second-order valence-electron chi connectivity index (χ2n) is 8.04. The van der Waals surface area contributed by atoms with Gasteiger partial charge in [-0.3, -0.25) is 9.55 Å². The predicted octanol–water partition coefficient (Wildman–Crippen LogP) is 3.56. The Bertz CT molecular complexity index is 1190. The molecule has 5 heterocycles. The fourth-order valence-electron chi connectivity index (χ4n) is 4.64. The molecule has 0 radical (unpaired) electrons. The minimum absolute atomic E-state index is 0.265. The highest BCUT2D eigenvalue weighted by molar-refractivity contribution is 5.81. The monoisotopic (exact) mass is 400 g/mol. The number of piperazine rings is 1. The lowest BCUT2D eigenvalue weighted by atomic mass is 10.2. The first-order chi connectivity index (χ1) is 14.7. The van der Waals surface area contributed by atoms with Gasteiger partial charge in [0.05, 0.1) is 5.69 Å². The maximum atomic E-state index is 13.5. The van der Waals surface area contributed by atoms with E-state index in [0.29, 0.717) is 12.1 Å². The second-order valence-corrected chi connectivity index (χ2v) is 8.04. The quantitative estimate of drug-likeness (QED) is 0.570. The zero-order chi connectivity index (χ0) is 20.1. The first kappa shape index (κ1) is 17.5. The lowest BCUT2D eigenvalue weighted by molar-refractivity contribution is 0.463. The van der Waals surface area contributed by atoms with Gasteiger partial charge in [-0.05, 0) is 61.4 Å². The van der Waals surface area contributed by atoms with Crippen LogP contribution in [0.4, 0.5) is 10.2 Å². The van der Waals surface area contributed by atoms with Crippen LogP contribution >= 0.6 is 0 Å². The Balaban J connectivity index is 1.52. The van der Waals surface area contributed by atoms with E-state index in [-0.39, 0.29) is 5.82 Å². The average Bonchev–Trinajstić information content (AvgIpc) is 3.33. The summed E-state index contributed by atoms with van der Waals surface area (Å²) in [4.78, 5) is 16.4. The Morgan fingerprint density at radius 1 is 0.867 bits per heavy atom. The van der Waals surface area contributed by atoms with Gasteiger partial charge in [-0.1, -0.05) is 0 Å². The van der Waals surface area contributed by atoms with E-state index in [1.54, 1.807) is 24.5 Å². The molecular formula is C23H21FN6. The van der Waals surface area contributed by atoms with Crippen LogP contribution in [0.5, 0.6) is 0 Å². The molecule has 0 unspecified atom stereocenters. The van der Waals surface area contributed by atoms with Crippen molar-refractivity contribution < 1.29 is 4.39 Å². The molecule has 150 valence electrons. The second kappa shape index (κ2) is 6.88. The van der Waals surface area contributed by atoms with Crippen LogP contribution in [-0.2, 0) is 0 Å². The molecule has 1 aromatic carbocycles. The molecule has 0 amide bonds. The van der Waals surface area contributed by atoms with Crippen molar-refractivity contribution in [3.63, 3.8) is 0 Å². The Morgan fingerprint density at radius 3 is 2.33 bits per heavy atom. The number of fused-ring (bicyclic) bond motifs is 3. The SMILES string of the molecule is Fc1ccc(-c2nc3ccc(N4C[C@H]5CC[C@@H](C4)N5)nc3n2-c2ccncc2)cc1. The summed E-state index contributed by atoms with van der Waals surface area (Å²) >= 11 is 0. The number of nitrogens with one attached hydrogen (secondary N) is 1. The van der Waals surface area contributed by atoms with Crippen molar-refractivity contribution in [1.29, 1.82) is 0 Å². The van der Waals surface area contributed by atoms with E-state index in [2.05, 4.69) is 21.3 Å². The highest BCUT2D eigenvalue weighted by Crippen LogP contribution is 2.30. The van der Waals surface area contributed by atoms with Crippen LogP contribution in [-0.4, -0.2) is 44.7 Å². The smallest absolute Gasteiger partial charge is 0.167 e. The topological polar surface area (TPSA) is 58.9 Å². The Kier molecular flexibility index (Phi) is 4.02. The van der Waals surface area contributed by atoms with Crippen LogP contribution in [0.3, 0.4) is 0 Å². The molecule has 2 aliphatic rings. The van der Waals surface area contributed by atoms with E-state index < -0.39 is 0 Å². The van der Waals surface area contributed by atoms with E-state index in [1.165, 1.54) is 25.0 Å². The van der Waals surface area contributed by atoms with Crippen molar-refractivity contribution in [2.24, 2.45) is 0 Å². The first-order valence-corrected chi connectivity index (χ1v) is 10.3. The van der Waals surface area contributed by atoms with Gasteiger partial charge < -0.3 is 10.2 Å². The van der Waals surface area contributed by atoms with Crippen LogP contribution in [0, 0.1) is 5.82 Å². The highest BCUT2D eigenvalue weighted by Gasteiger charge is 2.33. The number of imidazole rings is 1. The third-order valence-corrected chi connectivity index (χ3v) is 6.05. The van der Waals surface area contributed by atoms with Gasteiger partial charge >= 0.3 is 0 Å². The standard InChI is InChI=1S/C23H21FN6/c24-16-3-1-15(2-4-16)22-27-20-7-8-21(29-13-17-5-6-18(14-29)26-17)28-23(20)30(22)19-9-11-25-12-10-19/h1-4,7-12,17-18,26H,5-6,13-14H2/t17-,18+. The van der Waals surface area contributed by atoms with Gasteiger partial charge in [-0.15, -0.1) is 0 Å². The van der Waals surface area contributed by atoms with Gasteiger partial charge in [0, 0.05) is 43.1 Å². The van der Waals surface area contributed by atoms with E-state index in [1.807, 2.05) is 22.8 Å². The number of anilines is 1. The molecule has 0 spiro atoms. The molecule has 30 heavy (non-hydrogen) atoms. The van der Waals surface area contributed by atoms with Gasteiger partial charge in [-0.25, -0.2) is 14.4 Å². The number of rotatable bonds is 3. The number of nitrogens with zero attached hydrogens (tertiary/aromatic N) is 5. The number of pyridine rings is 2. The summed E-state index contributed by atoms with van der Waals surface area (Å²) in [6.07, 6.45) is 5.97. The number of benzene rings is 1. The van der Waals surface area contributed by atoms with Crippen molar-refractivity contribution in [3.05, 3.63) is 66.7 Å². The molecule has 1 N–H and O–H groups in total. The molecule has 0 saturated carbocycles. The molecule has 4 aromatic rings. The fraction of sp³-hybridized carbons (Fsp3) is 0.261. The van der Waals surface area contributed by atoms with Crippen LogP contribution in [0.2, 0.25) is 0 Å². The lowest BCUT2D eigenvalue weighted by Crippen LogP contribution is -2.51. The molecule has 6 rings (SSSR count). The van der Waals surface area contributed by atoms with E-state index in [0.717, 1.165) is 47.1 Å². The summed E-state index contributed by atoms with van der Waals surface area (Å²) in [6, 6.07) is 15.5. The van der Waals surface area contributed by atoms with Gasteiger partial charge in [-0.2, -0.15) is 0 Å². The van der Waals surface area contributed by atoms with Gasteiger partial charge in [0.2, 0.25) is 0 Å².